The third-order valence-electron chi connectivity index (χ3n) is 2.72. The van der Waals surface area contributed by atoms with E-state index in [9.17, 15) is 9.18 Å². The average Bonchev–Trinajstić information content (AvgIpc) is 2.31. The molecule has 0 unspecified atom stereocenters. The summed E-state index contributed by atoms with van der Waals surface area (Å²) in [6, 6.07) is 4.70. The number of rotatable bonds is 5. The van der Waals surface area contributed by atoms with Gasteiger partial charge in [0.1, 0.15) is 5.82 Å². The number of halogens is 1. The summed E-state index contributed by atoms with van der Waals surface area (Å²) in [6.07, 6.45) is 0. The molecule has 0 saturated carbocycles. The van der Waals surface area contributed by atoms with Crippen molar-refractivity contribution in [3.8, 4) is 0 Å². The maximum absolute atomic E-state index is 13.3. The summed E-state index contributed by atoms with van der Waals surface area (Å²) in [6.45, 7) is 7.68. The fourth-order valence-electron chi connectivity index (χ4n) is 1.52. The van der Waals surface area contributed by atoms with Gasteiger partial charge in [0.2, 0.25) is 5.91 Å². The Labute approximate surface area is 102 Å². The van der Waals surface area contributed by atoms with Gasteiger partial charge in [-0.2, -0.15) is 0 Å². The van der Waals surface area contributed by atoms with E-state index in [0.717, 1.165) is 13.1 Å². The van der Waals surface area contributed by atoms with Gasteiger partial charge in [-0.05, 0) is 37.7 Å². The largest absolute Gasteiger partial charge is 0.325 e. The zero-order valence-electron chi connectivity index (χ0n) is 10.6. The van der Waals surface area contributed by atoms with Crippen molar-refractivity contribution in [3.05, 3.63) is 29.6 Å². The number of carbonyl (C=O) groups excluding carboxylic acids is 1. The molecule has 0 aromatic heterocycles. The van der Waals surface area contributed by atoms with Crippen LogP contribution in [0.3, 0.4) is 0 Å². The number of hydrogen-bond acceptors (Lipinski definition) is 2. The molecular formula is C13H19FN2O. The van der Waals surface area contributed by atoms with Crippen LogP contribution >= 0.6 is 0 Å². The number of benzene rings is 1. The highest BCUT2D eigenvalue weighted by Crippen LogP contribution is 2.13. The van der Waals surface area contributed by atoms with Crippen molar-refractivity contribution in [2.75, 3.05) is 25.0 Å². The Morgan fingerprint density at radius 2 is 2.00 bits per heavy atom. The van der Waals surface area contributed by atoms with Crippen LogP contribution in [-0.2, 0) is 4.79 Å². The first kappa shape index (κ1) is 13.6. The van der Waals surface area contributed by atoms with E-state index in [4.69, 9.17) is 0 Å². The van der Waals surface area contributed by atoms with Crippen LogP contribution < -0.4 is 5.32 Å². The van der Waals surface area contributed by atoms with Crippen LogP contribution in [0.15, 0.2) is 18.2 Å². The molecule has 0 fully saturated rings. The highest BCUT2D eigenvalue weighted by molar-refractivity contribution is 5.92. The van der Waals surface area contributed by atoms with Crippen LogP contribution in [0.25, 0.3) is 0 Å². The lowest BCUT2D eigenvalue weighted by atomic mass is 10.2. The third-order valence-corrected chi connectivity index (χ3v) is 2.72. The van der Waals surface area contributed by atoms with Crippen molar-refractivity contribution in [2.45, 2.75) is 20.8 Å². The van der Waals surface area contributed by atoms with Crippen LogP contribution in [0.2, 0.25) is 0 Å². The molecule has 1 aromatic rings. The molecule has 0 spiro atoms. The minimum Gasteiger partial charge on any atom is -0.325 e. The standard InChI is InChI=1S/C13H19FN2O/c1-4-16(5-2)9-13(17)15-11-7-6-10(3)12(14)8-11/h6-8H,4-5,9H2,1-3H3,(H,15,17). The smallest absolute Gasteiger partial charge is 0.238 e. The molecule has 0 radical (unpaired) electrons. The van der Waals surface area contributed by atoms with Gasteiger partial charge in [-0.3, -0.25) is 9.69 Å². The Balaban J connectivity index is 2.58. The molecule has 0 aliphatic rings. The first-order valence-electron chi connectivity index (χ1n) is 5.85. The normalized spacial score (nSPS) is 10.6. The molecule has 94 valence electrons. The van der Waals surface area contributed by atoms with E-state index in [1.54, 1.807) is 19.1 Å². The van der Waals surface area contributed by atoms with Crippen molar-refractivity contribution in [3.63, 3.8) is 0 Å². The van der Waals surface area contributed by atoms with Crippen LogP contribution in [0.4, 0.5) is 10.1 Å². The number of hydrogen-bond donors (Lipinski definition) is 1. The first-order chi connectivity index (χ1) is 8.06. The van der Waals surface area contributed by atoms with Gasteiger partial charge in [0.25, 0.3) is 0 Å². The van der Waals surface area contributed by atoms with Crippen molar-refractivity contribution < 1.29 is 9.18 Å². The molecule has 0 aliphatic carbocycles. The van der Waals surface area contributed by atoms with E-state index in [-0.39, 0.29) is 11.7 Å². The molecule has 3 nitrogen and oxygen atoms in total. The Hall–Kier alpha value is -1.42. The van der Waals surface area contributed by atoms with Crippen molar-refractivity contribution in [1.29, 1.82) is 0 Å². The van der Waals surface area contributed by atoms with Gasteiger partial charge in [-0.25, -0.2) is 4.39 Å². The minimum atomic E-state index is -0.300. The van der Waals surface area contributed by atoms with E-state index in [1.165, 1.54) is 6.07 Å². The van der Waals surface area contributed by atoms with Crippen LogP contribution in [0, 0.1) is 12.7 Å². The fourth-order valence-corrected chi connectivity index (χ4v) is 1.52. The summed E-state index contributed by atoms with van der Waals surface area (Å²) >= 11 is 0. The van der Waals surface area contributed by atoms with E-state index >= 15 is 0 Å². The summed E-state index contributed by atoms with van der Waals surface area (Å²) in [5.74, 6) is -0.414. The summed E-state index contributed by atoms with van der Waals surface area (Å²) < 4.78 is 13.3. The molecule has 0 saturated heterocycles. The third kappa shape index (κ3) is 4.15. The summed E-state index contributed by atoms with van der Waals surface area (Å²) in [4.78, 5) is 13.7. The Morgan fingerprint density at radius 1 is 1.35 bits per heavy atom. The predicted molar refractivity (Wildman–Crippen MR) is 67.6 cm³/mol. The Morgan fingerprint density at radius 3 is 2.53 bits per heavy atom. The maximum atomic E-state index is 13.3. The van der Waals surface area contributed by atoms with E-state index in [1.807, 2.05) is 18.7 Å². The zero-order valence-corrected chi connectivity index (χ0v) is 10.6. The first-order valence-corrected chi connectivity index (χ1v) is 5.85. The molecule has 4 heteroatoms. The monoisotopic (exact) mass is 238 g/mol. The SMILES string of the molecule is CCN(CC)CC(=O)Nc1ccc(C)c(F)c1. The lowest BCUT2D eigenvalue weighted by Crippen LogP contribution is -2.32. The van der Waals surface area contributed by atoms with Crippen molar-refractivity contribution >= 4 is 11.6 Å². The van der Waals surface area contributed by atoms with E-state index < -0.39 is 0 Å². The number of aryl methyl sites for hydroxylation is 1. The number of likely N-dealkylation sites (N-methyl/N-ethyl adjacent to an activating group) is 1. The topological polar surface area (TPSA) is 32.3 Å². The number of amides is 1. The molecule has 1 N–H and O–H groups in total. The molecule has 0 atom stereocenters. The molecule has 17 heavy (non-hydrogen) atoms. The zero-order chi connectivity index (χ0) is 12.8. The summed E-state index contributed by atoms with van der Waals surface area (Å²) in [7, 11) is 0. The number of anilines is 1. The van der Waals surface area contributed by atoms with Gasteiger partial charge in [-0.1, -0.05) is 19.9 Å². The molecule has 0 heterocycles. The van der Waals surface area contributed by atoms with Crippen LogP contribution in [-0.4, -0.2) is 30.4 Å². The van der Waals surface area contributed by atoms with Gasteiger partial charge in [0.15, 0.2) is 0 Å². The summed E-state index contributed by atoms with van der Waals surface area (Å²) in [5, 5.41) is 2.69. The van der Waals surface area contributed by atoms with Gasteiger partial charge < -0.3 is 5.32 Å². The Kier molecular flexibility index (Phi) is 5.10. The number of carbonyl (C=O) groups is 1. The highest BCUT2D eigenvalue weighted by atomic mass is 19.1. The highest BCUT2D eigenvalue weighted by Gasteiger charge is 2.08. The van der Waals surface area contributed by atoms with Gasteiger partial charge in [0.05, 0.1) is 6.54 Å². The molecule has 0 bridgehead atoms. The summed E-state index contributed by atoms with van der Waals surface area (Å²) in [5.41, 5.74) is 1.08. The molecule has 1 aromatic carbocycles. The molecule has 0 aliphatic heterocycles. The molecule has 1 rings (SSSR count). The second-order valence-electron chi connectivity index (χ2n) is 3.97. The van der Waals surface area contributed by atoms with Crippen LogP contribution in [0.1, 0.15) is 19.4 Å². The van der Waals surface area contributed by atoms with Gasteiger partial charge in [0, 0.05) is 5.69 Å². The lowest BCUT2D eigenvalue weighted by Gasteiger charge is -2.17. The molecule has 1 amide bonds. The average molecular weight is 238 g/mol. The fraction of sp³-hybridized carbons (Fsp3) is 0.462. The number of nitrogens with zero attached hydrogens (tertiary/aromatic N) is 1. The second-order valence-corrected chi connectivity index (χ2v) is 3.97. The minimum absolute atomic E-state index is 0.114. The van der Waals surface area contributed by atoms with Gasteiger partial charge >= 0.3 is 0 Å². The predicted octanol–water partition coefficient (Wildman–Crippen LogP) is 2.41. The van der Waals surface area contributed by atoms with E-state index in [2.05, 4.69) is 5.32 Å². The van der Waals surface area contributed by atoms with Crippen LogP contribution in [0.5, 0.6) is 0 Å². The number of nitrogens with one attached hydrogen (secondary N) is 1. The Bertz CT molecular complexity index is 389. The quantitative estimate of drug-likeness (QED) is 0.854. The maximum Gasteiger partial charge on any atom is 0.238 e. The van der Waals surface area contributed by atoms with Gasteiger partial charge in [-0.15, -0.1) is 0 Å². The van der Waals surface area contributed by atoms with Crippen molar-refractivity contribution in [2.24, 2.45) is 0 Å². The molecular weight excluding hydrogens is 219 g/mol. The second kappa shape index (κ2) is 6.35. The van der Waals surface area contributed by atoms with E-state index in [0.29, 0.717) is 17.8 Å². The van der Waals surface area contributed by atoms with Crippen molar-refractivity contribution in [1.82, 2.24) is 4.90 Å². The lowest BCUT2D eigenvalue weighted by molar-refractivity contribution is -0.117.